The summed E-state index contributed by atoms with van der Waals surface area (Å²) < 4.78 is 27.7. The number of carbonyl (C=O) groups excluding carboxylic acids is 1. The molecule has 0 bridgehead atoms. The first kappa shape index (κ1) is 20.0. The highest BCUT2D eigenvalue weighted by molar-refractivity contribution is 7.89. The number of amides is 1. The van der Waals surface area contributed by atoms with Crippen molar-refractivity contribution in [2.45, 2.75) is 62.4 Å². The summed E-state index contributed by atoms with van der Waals surface area (Å²) in [6.45, 7) is 0.249. The molecule has 0 unspecified atom stereocenters. The van der Waals surface area contributed by atoms with Crippen LogP contribution in [0, 0.1) is 0 Å². The predicted molar refractivity (Wildman–Crippen MR) is 108 cm³/mol. The third-order valence-corrected chi connectivity index (χ3v) is 7.14. The molecule has 1 heterocycles. The molecular weight excluding hydrogens is 380 g/mol. The van der Waals surface area contributed by atoms with E-state index < -0.39 is 10.0 Å². The molecule has 1 aliphatic rings. The van der Waals surface area contributed by atoms with Crippen molar-refractivity contribution in [3.05, 3.63) is 52.2 Å². The molecule has 1 saturated carbocycles. The molecule has 0 radical (unpaired) electrons. The zero-order chi connectivity index (χ0) is 19.1. The van der Waals surface area contributed by atoms with Crippen LogP contribution in [0.5, 0.6) is 0 Å². The first-order chi connectivity index (χ1) is 13.0. The average Bonchev–Trinajstić information content (AvgIpc) is 3.16. The van der Waals surface area contributed by atoms with Gasteiger partial charge in [-0.05, 0) is 42.5 Å². The van der Waals surface area contributed by atoms with Crippen molar-refractivity contribution in [3.8, 4) is 0 Å². The van der Waals surface area contributed by atoms with Crippen molar-refractivity contribution in [1.82, 2.24) is 10.0 Å². The van der Waals surface area contributed by atoms with Crippen LogP contribution in [0.2, 0.25) is 0 Å². The Kier molecular flexibility index (Phi) is 7.04. The summed E-state index contributed by atoms with van der Waals surface area (Å²) in [5, 5.41) is 4.99. The molecule has 0 saturated heterocycles. The Bertz CT molecular complexity index is 840. The van der Waals surface area contributed by atoms with Crippen LogP contribution in [0.1, 0.15) is 60.2 Å². The smallest absolute Gasteiger partial charge is 0.251 e. The fraction of sp³-hybridized carbons (Fsp3) is 0.450. The molecule has 1 fully saturated rings. The predicted octanol–water partition coefficient (Wildman–Crippen LogP) is 4.07. The Labute approximate surface area is 165 Å². The highest BCUT2D eigenvalue weighted by Gasteiger charge is 2.19. The normalized spacial score (nSPS) is 16.4. The zero-order valence-electron chi connectivity index (χ0n) is 15.3. The van der Waals surface area contributed by atoms with E-state index in [1.54, 1.807) is 12.1 Å². The van der Waals surface area contributed by atoms with Crippen LogP contribution >= 0.6 is 11.3 Å². The number of hydrogen-bond acceptors (Lipinski definition) is 4. The summed E-state index contributed by atoms with van der Waals surface area (Å²) in [6.07, 6.45) is 7.96. The summed E-state index contributed by atoms with van der Waals surface area (Å²) in [7, 11) is -3.66. The van der Waals surface area contributed by atoms with Crippen LogP contribution < -0.4 is 10.0 Å². The zero-order valence-corrected chi connectivity index (χ0v) is 16.9. The van der Waals surface area contributed by atoms with Gasteiger partial charge >= 0.3 is 0 Å². The van der Waals surface area contributed by atoms with Gasteiger partial charge in [0, 0.05) is 23.0 Å². The molecule has 2 N–H and O–H groups in total. The molecule has 1 aliphatic carbocycles. The Morgan fingerprint density at radius 1 is 1.04 bits per heavy atom. The lowest BCUT2D eigenvalue weighted by atomic mass is 9.96. The van der Waals surface area contributed by atoms with Gasteiger partial charge in [-0.2, -0.15) is 0 Å². The molecule has 0 aliphatic heterocycles. The minimum absolute atomic E-state index is 0.115. The van der Waals surface area contributed by atoms with E-state index >= 15 is 0 Å². The van der Waals surface area contributed by atoms with E-state index in [0.29, 0.717) is 5.56 Å². The van der Waals surface area contributed by atoms with Crippen molar-refractivity contribution in [3.63, 3.8) is 0 Å². The van der Waals surface area contributed by atoms with Crippen LogP contribution in [-0.2, 0) is 16.6 Å². The molecule has 0 atom stereocenters. The van der Waals surface area contributed by atoms with Gasteiger partial charge < -0.3 is 5.32 Å². The number of sulfonamides is 1. The highest BCUT2D eigenvalue weighted by Crippen LogP contribution is 2.18. The topological polar surface area (TPSA) is 75.3 Å². The molecule has 1 amide bonds. The van der Waals surface area contributed by atoms with Gasteiger partial charge in [0.1, 0.15) is 0 Å². The monoisotopic (exact) mass is 406 g/mol. The van der Waals surface area contributed by atoms with E-state index in [4.69, 9.17) is 0 Å². The molecule has 27 heavy (non-hydrogen) atoms. The molecule has 1 aromatic heterocycles. The molecule has 3 rings (SSSR count). The second-order valence-corrected chi connectivity index (χ2v) is 9.75. The van der Waals surface area contributed by atoms with Crippen LogP contribution in [0.3, 0.4) is 0 Å². The van der Waals surface area contributed by atoms with Crippen LogP contribution in [0.4, 0.5) is 0 Å². The number of thiophene rings is 1. The maximum absolute atomic E-state index is 12.6. The molecule has 7 heteroatoms. The maximum atomic E-state index is 12.6. The van der Waals surface area contributed by atoms with E-state index in [1.165, 1.54) is 42.7 Å². The minimum atomic E-state index is -3.66. The fourth-order valence-electron chi connectivity index (χ4n) is 3.34. The standard InChI is InChI=1S/C20H26N2O3S2/c23-20(22-17-9-4-2-1-3-5-10-17)16-8-6-12-19(14-16)27(24,25)21-15-18-11-7-13-26-18/h6-8,11-14,17,21H,1-5,9-10,15H2,(H,22,23). The van der Waals surface area contributed by atoms with Crippen molar-refractivity contribution in [2.75, 3.05) is 0 Å². The second kappa shape index (κ2) is 9.48. The van der Waals surface area contributed by atoms with E-state index in [0.717, 1.165) is 30.6 Å². The van der Waals surface area contributed by atoms with Gasteiger partial charge in [-0.15, -0.1) is 11.3 Å². The largest absolute Gasteiger partial charge is 0.349 e. The summed E-state index contributed by atoms with van der Waals surface area (Å²) >= 11 is 1.50. The maximum Gasteiger partial charge on any atom is 0.251 e. The molecule has 146 valence electrons. The quantitative estimate of drug-likeness (QED) is 0.759. The van der Waals surface area contributed by atoms with Gasteiger partial charge in [-0.1, -0.05) is 44.2 Å². The van der Waals surface area contributed by atoms with E-state index in [2.05, 4.69) is 10.0 Å². The minimum Gasteiger partial charge on any atom is -0.349 e. The summed E-state index contributed by atoms with van der Waals surface area (Å²) in [5.41, 5.74) is 0.385. The Morgan fingerprint density at radius 2 is 1.78 bits per heavy atom. The Morgan fingerprint density at radius 3 is 2.48 bits per heavy atom. The van der Waals surface area contributed by atoms with E-state index in [-0.39, 0.29) is 23.4 Å². The van der Waals surface area contributed by atoms with Gasteiger partial charge in [0.25, 0.3) is 5.91 Å². The van der Waals surface area contributed by atoms with E-state index in [1.807, 2.05) is 17.5 Å². The number of benzene rings is 1. The van der Waals surface area contributed by atoms with Gasteiger partial charge in [-0.25, -0.2) is 13.1 Å². The summed E-state index contributed by atoms with van der Waals surface area (Å²) in [5.74, 6) is -0.198. The van der Waals surface area contributed by atoms with Crippen LogP contribution in [-0.4, -0.2) is 20.4 Å². The Balaban J connectivity index is 1.65. The lowest BCUT2D eigenvalue weighted by molar-refractivity contribution is 0.0930. The Hall–Kier alpha value is -1.70. The summed E-state index contributed by atoms with van der Waals surface area (Å²) in [6, 6.07) is 10.2. The third-order valence-electron chi connectivity index (χ3n) is 4.86. The summed E-state index contributed by atoms with van der Waals surface area (Å²) in [4.78, 5) is 13.7. The van der Waals surface area contributed by atoms with Crippen molar-refractivity contribution in [1.29, 1.82) is 0 Å². The van der Waals surface area contributed by atoms with E-state index in [9.17, 15) is 13.2 Å². The third kappa shape index (κ3) is 5.89. The van der Waals surface area contributed by atoms with Gasteiger partial charge in [0.15, 0.2) is 0 Å². The van der Waals surface area contributed by atoms with Gasteiger partial charge in [-0.3, -0.25) is 4.79 Å². The highest BCUT2D eigenvalue weighted by atomic mass is 32.2. The molecule has 5 nitrogen and oxygen atoms in total. The van der Waals surface area contributed by atoms with Gasteiger partial charge in [0.2, 0.25) is 10.0 Å². The first-order valence-electron chi connectivity index (χ1n) is 9.47. The lowest BCUT2D eigenvalue weighted by Gasteiger charge is -2.21. The van der Waals surface area contributed by atoms with Crippen molar-refractivity contribution in [2.24, 2.45) is 0 Å². The second-order valence-electron chi connectivity index (χ2n) is 6.95. The number of carbonyl (C=O) groups is 1. The van der Waals surface area contributed by atoms with Crippen molar-refractivity contribution < 1.29 is 13.2 Å². The molecular formula is C20H26N2O3S2. The van der Waals surface area contributed by atoms with Gasteiger partial charge in [0.05, 0.1) is 4.90 Å². The van der Waals surface area contributed by atoms with Crippen LogP contribution in [0.15, 0.2) is 46.7 Å². The lowest BCUT2D eigenvalue weighted by Crippen LogP contribution is -2.35. The average molecular weight is 407 g/mol. The van der Waals surface area contributed by atoms with Crippen molar-refractivity contribution >= 4 is 27.3 Å². The first-order valence-corrected chi connectivity index (χ1v) is 11.8. The fourth-order valence-corrected chi connectivity index (χ4v) is 5.12. The van der Waals surface area contributed by atoms with Crippen LogP contribution in [0.25, 0.3) is 0 Å². The molecule has 0 spiro atoms. The number of nitrogens with one attached hydrogen (secondary N) is 2. The number of rotatable bonds is 6. The molecule has 1 aromatic carbocycles. The molecule has 2 aromatic rings. The number of hydrogen-bond donors (Lipinski definition) is 2. The SMILES string of the molecule is O=C(NC1CCCCCCC1)c1cccc(S(=O)(=O)NCc2cccs2)c1.